The Morgan fingerprint density at radius 3 is 2.82 bits per heavy atom. The summed E-state index contributed by atoms with van der Waals surface area (Å²) in [5, 5.41) is 3.18. The van der Waals surface area contributed by atoms with Crippen molar-refractivity contribution in [2.75, 3.05) is 11.1 Å². The predicted molar refractivity (Wildman–Crippen MR) is 65.3 cm³/mol. The quantitative estimate of drug-likeness (QED) is 0.820. The Hall–Kier alpha value is -2.24. The molecule has 0 fully saturated rings. The smallest absolute Gasteiger partial charge is 0.221 e. The molecule has 0 amide bonds. The van der Waals surface area contributed by atoms with Crippen LogP contribution in [0.15, 0.2) is 18.5 Å². The first kappa shape index (κ1) is 11.3. The lowest BCUT2D eigenvalue weighted by Crippen LogP contribution is -2.07. The van der Waals surface area contributed by atoms with Gasteiger partial charge in [-0.05, 0) is 19.9 Å². The van der Waals surface area contributed by atoms with Crippen molar-refractivity contribution in [3.63, 3.8) is 0 Å². The minimum atomic E-state index is 0.261. The van der Waals surface area contributed by atoms with E-state index in [-0.39, 0.29) is 5.95 Å². The van der Waals surface area contributed by atoms with Gasteiger partial charge in [-0.3, -0.25) is 0 Å². The number of nitrogen functional groups attached to an aromatic ring is 1. The van der Waals surface area contributed by atoms with Crippen LogP contribution in [0.25, 0.3) is 0 Å². The Balaban J connectivity index is 2.09. The molecule has 0 radical (unpaired) electrons. The monoisotopic (exact) mass is 230 g/mol. The van der Waals surface area contributed by atoms with Gasteiger partial charge in [0, 0.05) is 18.0 Å². The number of hydrogen-bond donors (Lipinski definition) is 2. The second-order valence-electron chi connectivity index (χ2n) is 3.71. The van der Waals surface area contributed by atoms with Gasteiger partial charge < -0.3 is 11.1 Å². The first-order valence-electron chi connectivity index (χ1n) is 5.26. The van der Waals surface area contributed by atoms with Gasteiger partial charge >= 0.3 is 0 Å². The van der Waals surface area contributed by atoms with E-state index in [2.05, 4.69) is 25.3 Å². The van der Waals surface area contributed by atoms with Crippen molar-refractivity contribution in [2.24, 2.45) is 0 Å². The van der Waals surface area contributed by atoms with Gasteiger partial charge in [0.05, 0.1) is 12.2 Å². The molecule has 0 aliphatic rings. The van der Waals surface area contributed by atoms with E-state index in [0.717, 1.165) is 22.9 Å². The second-order valence-corrected chi connectivity index (χ2v) is 3.71. The van der Waals surface area contributed by atoms with E-state index in [4.69, 9.17) is 5.73 Å². The molecule has 2 heterocycles. The SMILES string of the molecule is Cc1nccc(CNc2nc(N)ncc2C)n1. The van der Waals surface area contributed by atoms with Gasteiger partial charge in [0.1, 0.15) is 11.6 Å². The van der Waals surface area contributed by atoms with Gasteiger partial charge in [0.25, 0.3) is 0 Å². The fraction of sp³-hybridized carbons (Fsp3) is 0.273. The third-order valence-corrected chi connectivity index (χ3v) is 2.26. The maximum atomic E-state index is 5.53. The summed E-state index contributed by atoms with van der Waals surface area (Å²) < 4.78 is 0. The Bertz CT molecular complexity index is 525. The minimum absolute atomic E-state index is 0.261. The van der Waals surface area contributed by atoms with E-state index in [1.165, 1.54) is 0 Å². The molecule has 2 rings (SSSR count). The average Bonchev–Trinajstić information content (AvgIpc) is 2.30. The van der Waals surface area contributed by atoms with E-state index in [0.29, 0.717) is 6.54 Å². The van der Waals surface area contributed by atoms with Crippen LogP contribution in [0, 0.1) is 13.8 Å². The van der Waals surface area contributed by atoms with Crippen molar-refractivity contribution in [2.45, 2.75) is 20.4 Å². The maximum Gasteiger partial charge on any atom is 0.221 e. The summed E-state index contributed by atoms with van der Waals surface area (Å²) >= 11 is 0. The molecule has 0 spiro atoms. The predicted octanol–water partition coefficient (Wildman–Crippen LogP) is 1.08. The highest BCUT2D eigenvalue weighted by Gasteiger charge is 2.02. The number of aryl methyl sites for hydroxylation is 2. The van der Waals surface area contributed by atoms with Crippen LogP contribution in [-0.4, -0.2) is 19.9 Å². The fourth-order valence-corrected chi connectivity index (χ4v) is 1.41. The molecule has 6 nitrogen and oxygen atoms in total. The van der Waals surface area contributed by atoms with Crippen LogP contribution in [0.1, 0.15) is 17.1 Å². The number of hydrogen-bond acceptors (Lipinski definition) is 6. The lowest BCUT2D eigenvalue weighted by atomic mass is 10.3. The van der Waals surface area contributed by atoms with E-state index in [1.54, 1.807) is 12.4 Å². The van der Waals surface area contributed by atoms with Crippen LogP contribution in [0.5, 0.6) is 0 Å². The molecule has 2 aromatic rings. The average molecular weight is 230 g/mol. The Kier molecular flexibility index (Phi) is 3.13. The number of nitrogens with one attached hydrogen (secondary N) is 1. The van der Waals surface area contributed by atoms with E-state index >= 15 is 0 Å². The van der Waals surface area contributed by atoms with Crippen LogP contribution >= 0.6 is 0 Å². The van der Waals surface area contributed by atoms with E-state index in [1.807, 2.05) is 19.9 Å². The van der Waals surface area contributed by atoms with Crippen LogP contribution in [0.4, 0.5) is 11.8 Å². The van der Waals surface area contributed by atoms with E-state index in [9.17, 15) is 0 Å². The van der Waals surface area contributed by atoms with Crippen molar-refractivity contribution in [1.82, 2.24) is 19.9 Å². The lowest BCUT2D eigenvalue weighted by Gasteiger charge is -2.08. The van der Waals surface area contributed by atoms with E-state index < -0.39 is 0 Å². The van der Waals surface area contributed by atoms with Crippen LogP contribution < -0.4 is 11.1 Å². The number of nitrogens with zero attached hydrogens (tertiary/aromatic N) is 4. The molecular formula is C11H14N6. The molecule has 0 aliphatic carbocycles. The highest BCUT2D eigenvalue weighted by molar-refractivity contribution is 5.45. The molecule has 17 heavy (non-hydrogen) atoms. The van der Waals surface area contributed by atoms with Crippen molar-refractivity contribution in [3.8, 4) is 0 Å². The van der Waals surface area contributed by atoms with Gasteiger partial charge in [0.2, 0.25) is 5.95 Å². The van der Waals surface area contributed by atoms with Gasteiger partial charge in [-0.25, -0.2) is 15.0 Å². The third kappa shape index (κ3) is 2.87. The fourth-order valence-electron chi connectivity index (χ4n) is 1.41. The van der Waals surface area contributed by atoms with Gasteiger partial charge in [-0.1, -0.05) is 0 Å². The zero-order valence-corrected chi connectivity index (χ0v) is 9.81. The zero-order chi connectivity index (χ0) is 12.3. The highest BCUT2D eigenvalue weighted by atomic mass is 15.1. The molecule has 88 valence electrons. The highest BCUT2D eigenvalue weighted by Crippen LogP contribution is 2.11. The molecule has 0 bridgehead atoms. The molecule has 0 saturated heterocycles. The molecule has 3 N–H and O–H groups in total. The number of anilines is 2. The van der Waals surface area contributed by atoms with Crippen molar-refractivity contribution >= 4 is 11.8 Å². The molecular weight excluding hydrogens is 216 g/mol. The summed E-state index contributed by atoms with van der Waals surface area (Å²) in [6.45, 7) is 4.37. The van der Waals surface area contributed by atoms with Gasteiger partial charge in [-0.2, -0.15) is 4.98 Å². The molecule has 0 saturated carbocycles. The van der Waals surface area contributed by atoms with Crippen LogP contribution in [-0.2, 0) is 6.54 Å². The molecule has 2 aromatic heterocycles. The summed E-state index contributed by atoms with van der Waals surface area (Å²) in [5.74, 6) is 1.74. The Morgan fingerprint density at radius 2 is 2.06 bits per heavy atom. The zero-order valence-electron chi connectivity index (χ0n) is 9.81. The summed E-state index contributed by atoms with van der Waals surface area (Å²) in [6.07, 6.45) is 3.43. The third-order valence-electron chi connectivity index (χ3n) is 2.26. The van der Waals surface area contributed by atoms with Crippen molar-refractivity contribution in [1.29, 1.82) is 0 Å². The summed E-state index contributed by atoms with van der Waals surface area (Å²) in [6, 6.07) is 1.86. The van der Waals surface area contributed by atoms with Crippen molar-refractivity contribution < 1.29 is 0 Å². The molecule has 0 aliphatic heterocycles. The Morgan fingerprint density at radius 1 is 1.24 bits per heavy atom. The van der Waals surface area contributed by atoms with Crippen LogP contribution in [0.3, 0.4) is 0 Å². The molecule has 0 unspecified atom stereocenters. The summed E-state index contributed by atoms with van der Waals surface area (Å²) in [7, 11) is 0. The maximum absolute atomic E-state index is 5.53. The first-order chi connectivity index (χ1) is 8.15. The largest absolute Gasteiger partial charge is 0.368 e. The molecule has 0 aromatic carbocycles. The number of nitrogens with two attached hydrogens (primary N) is 1. The standard InChI is InChI=1S/C11H14N6/c1-7-5-15-11(12)17-10(7)14-6-9-3-4-13-8(2)16-9/h3-5H,6H2,1-2H3,(H3,12,14,15,17). The second kappa shape index (κ2) is 4.73. The topological polar surface area (TPSA) is 89.6 Å². The van der Waals surface area contributed by atoms with Gasteiger partial charge in [-0.15, -0.1) is 0 Å². The van der Waals surface area contributed by atoms with Crippen LogP contribution in [0.2, 0.25) is 0 Å². The van der Waals surface area contributed by atoms with Gasteiger partial charge in [0.15, 0.2) is 0 Å². The lowest BCUT2D eigenvalue weighted by molar-refractivity contribution is 0.946. The number of rotatable bonds is 3. The molecule has 0 atom stereocenters. The Labute approximate surface area is 99.4 Å². The summed E-state index contributed by atoms with van der Waals surface area (Å²) in [4.78, 5) is 16.4. The number of aromatic nitrogens is 4. The van der Waals surface area contributed by atoms with Crippen molar-refractivity contribution in [3.05, 3.63) is 35.5 Å². The summed E-state index contributed by atoms with van der Waals surface area (Å²) in [5.41, 5.74) is 7.39. The molecule has 6 heteroatoms. The normalized spacial score (nSPS) is 10.2. The minimum Gasteiger partial charge on any atom is -0.368 e. The first-order valence-corrected chi connectivity index (χ1v) is 5.26.